The van der Waals surface area contributed by atoms with Gasteiger partial charge in [0.2, 0.25) is 5.91 Å². The van der Waals surface area contributed by atoms with E-state index in [0.29, 0.717) is 6.54 Å². The van der Waals surface area contributed by atoms with Gasteiger partial charge in [-0.2, -0.15) is 0 Å². The summed E-state index contributed by atoms with van der Waals surface area (Å²) in [5.41, 5.74) is 3.86. The number of amides is 1. The summed E-state index contributed by atoms with van der Waals surface area (Å²) in [5.74, 6) is 0.761. The fraction of sp³-hybridized carbons (Fsp3) is 0.500. The van der Waals surface area contributed by atoms with Crippen LogP contribution in [0.15, 0.2) is 24.3 Å². The molecule has 0 spiro atoms. The van der Waals surface area contributed by atoms with Crippen LogP contribution in [0.25, 0.3) is 5.57 Å². The highest BCUT2D eigenvalue weighted by molar-refractivity contribution is 5.76. The Morgan fingerprint density at radius 2 is 2.09 bits per heavy atom. The SMILES string of the molecule is COc1ccc2c(c1)/C(=C\CN(OC)C(C)=O)C(C)(C)CC2. The molecular formula is C18H25NO3. The molecule has 0 unspecified atom stereocenters. The fourth-order valence-corrected chi connectivity index (χ4v) is 2.99. The second-order valence-corrected chi connectivity index (χ2v) is 6.29. The number of rotatable bonds is 4. The lowest BCUT2D eigenvalue weighted by Crippen LogP contribution is -2.29. The average Bonchev–Trinajstić information content (AvgIpc) is 2.48. The first-order valence-electron chi connectivity index (χ1n) is 7.59. The van der Waals surface area contributed by atoms with Crippen LogP contribution in [-0.2, 0) is 16.1 Å². The molecule has 120 valence electrons. The van der Waals surface area contributed by atoms with Crippen molar-refractivity contribution in [2.24, 2.45) is 5.41 Å². The molecule has 0 aromatic heterocycles. The highest BCUT2D eigenvalue weighted by Gasteiger charge is 2.30. The standard InChI is InChI=1S/C18H25NO3/c1-13(20)19(22-5)11-9-17-16-12-15(21-4)7-6-14(16)8-10-18(17,2)3/h6-7,9,12H,8,10-11H2,1-5H3/b17-9+. The lowest BCUT2D eigenvalue weighted by atomic mass is 9.70. The van der Waals surface area contributed by atoms with E-state index in [2.05, 4.69) is 32.1 Å². The highest BCUT2D eigenvalue weighted by atomic mass is 16.7. The predicted molar refractivity (Wildman–Crippen MR) is 87.5 cm³/mol. The molecule has 0 fully saturated rings. The van der Waals surface area contributed by atoms with Crippen molar-refractivity contribution in [2.75, 3.05) is 20.8 Å². The summed E-state index contributed by atoms with van der Waals surface area (Å²) < 4.78 is 5.37. The van der Waals surface area contributed by atoms with E-state index >= 15 is 0 Å². The van der Waals surface area contributed by atoms with Crippen LogP contribution in [0.2, 0.25) is 0 Å². The molecule has 0 bridgehead atoms. The normalized spacial score (nSPS) is 18.0. The molecule has 1 amide bonds. The summed E-state index contributed by atoms with van der Waals surface area (Å²) in [7, 11) is 3.20. The number of aryl methyl sites for hydroxylation is 1. The fourth-order valence-electron chi connectivity index (χ4n) is 2.99. The summed E-state index contributed by atoms with van der Waals surface area (Å²) in [4.78, 5) is 16.6. The van der Waals surface area contributed by atoms with E-state index in [-0.39, 0.29) is 11.3 Å². The van der Waals surface area contributed by atoms with Crippen molar-refractivity contribution in [3.05, 3.63) is 35.4 Å². The molecule has 0 aliphatic heterocycles. The maximum Gasteiger partial charge on any atom is 0.243 e. The Labute approximate surface area is 132 Å². The number of hydrogen-bond donors (Lipinski definition) is 0. The second kappa shape index (κ2) is 6.53. The van der Waals surface area contributed by atoms with E-state index in [1.807, 2.05) is 6.07 Å². The van der Waals surface area contributed by atoms with E-state index in [4.69, 9.17) is 9.57 Å². The van der Waals surface area contributed by atoms with Crippen molar-refractivity contribution < 1.29 is 14.4 Å². The first-order chi connectivity index (χ1) is 10.4. The molecule has 0 heterocycles. The highest BCUT2D eigenvalue weighted by Crippen LogP contribution is 2.45. The van der Waals surface area contributed by atoms with Crippen molar-refractivity contribution in [2.45, 2.75) is 33.6 Å². The first kappa shape index (κ1) is 16.6. The van der Waals surface area contributed by atoms with Gasteiger partial charge < -0.3 is 4.74 Å². The van der Waals surface area contributed by atoms with Crippen molar-refractivity contribution in [3.8, 4) is 5.75 Å². The van der Waals surface area contributed by atoms with Gasteiger partial charge in [0.1, 0.15) is 5.75 Å². The van der Waals surface area contributed by atoms with Gasteiger partial charge in [0, 0.05) is 6.92 Å². The van der Waals surface area contributed by atoms with Crippen molar-refractivity contribution >= 4 is 11.5 Å². The Morgan fingerprint density at radius 3 is 2.68 bits per heavy atom. The van der Waals surface area contributed by atoms with Crippen molar-refractivity contribution in [3.63, 3.8) is 0 Å². The molecule has 1 aromatic rings. The number of benzene rings is 1. The van der Waals surface area contributed by atoms with E-state index in [1.165, 1.54) is 35.8 Å². The Kier molecular flexibility index (Phi) is 4.91. The van der Waals surface area contributed by atoms with E-state index in [1.54, 1.807) is 7.11 Å². The van der Waals surface area contributed by atoms with Crippen LogP contribution >= 0.6 is 0 Å². The number of ether oxygens (including phenoxy) is 1. The minimum absolute atomic E-state index is 0.0650. The van der Waals surface area contributed by atoms with Gasteiger partial charge in [0.25, 0.3) is 0 Å². The molecule has 0 N–H and O–H groups in total. The molecule has 1 aliphatic rings. The monoisotopic (exact) mass is 303 g/mol. The molecule has 0 radical (unpaired) electrons. The van der Waals surface area contributed by atoms with Gasteiger partial charge >= 0.3 is 0 Å². The molecule has 0 saturated heterocycles. The predicted octanol–water partition coefficient (Wildman–Crippen LogP) is 3.46. The Hall–Kier alpha value is -1.81. The van der Waals surface area contributed by atoms with Gasteiger partial charge in [0.05, 0.1) is 20.8 Å². The van der Waals surface area contributed by atoms with E-state index in [9.17, 15) is 4.79 Å². The third-order valence-corrected chi connectivity index (χ3v) is 4.39. The Bertz CT molecular complexity index is 590. The smallest absolute Gasteiger partial charge is 0.243 e. The molecule has 0 atom stereocenters. The zero-order valence-electron chi connectivity index (χ0n) is 14.1. The van der Waals surface area contributed by atoms with Gasteiger partial charge in [0.15, 0.2) is 0 Å². The molecule has 4 nitrogen and oxygen atoms in total. The average molecular weight is 303 g/mol. The van der Waals surface area contributed by atoms with Crippen LogP contribution in [0.3, 0.4) is 0 Å². The number of methoxy groups -OCH3 is 1. The number of allylic oxidation sites excluding steroid dienone is 1. The van der Waals surface area contributed by atoms with Crippen LogP contribution < -0.4 is 4.74 Å². The van der Waals surface area contributed by atoms with Crippen LogP contribution in [0, 0.1) is 5.41 Å². The van der Waals surface area contributed by atoms with Crippen LogP contribution in [0.4, 0.5) is 0 Å². The summed E-state index contributed by atoms with van der Waals surface area (Å²) in [5, 5.41) is 1.36. The van der Waals surface area contributed by atoms with E-state index < -0.39 is 0 Å². The largest absolute Gasteiger partial charge is 0.497 e. The Morgan fingerprint density at radius 1 is 1.36 bits per heavy atom. The molecule has 4 heteroatoms. The third-order valence-electron chi connectivity index (χ3n) is 4.39. The van der Waals surface area contributed by atoms with Gasteiger partial charge in [-0.3, -0.25) is 9.63 Å². The minimum Gasteiger partial charge on any atom is -0.497 e. The van der Waals surface area contributed by atoms with Crippen LogP contribution in [0.5, 0.6) is 5.75 Å². The second-order valence-electron chi connectivity index (χ2n) is 6.29. The minimum atomic E-state index is -0.0983. The lowest BCUT2D eigenvalue weighted by molar-refractivity contribution is -0.170. The molecule has 1 aromatic carbocycles. The number of hydrogen-bond acceptors (Lipinski definition) is 3. The number of fused-ring (bicyclic) bond motifs is 1. The molecule has 22 heavy (non-hydrogen) atoms. The molecule has 0 saturated carbocycles. The summed E-state index contributed by atoms with van der Waals surface area (Å²) in [6, 6.07) is 6.23. The van der Waals surface area contributed by atoms with Gasteiger partial charge in [-0.15, -0.1) is 0 Å². The quantitative estimate of drug-likeness (QED) is 0.800. The molecule has 2 rings (SSSR count). The first-order valence-corrected chi connectivity index (χ1v) is 7.59. The number of nitrogens with zero attached hydrogens (tertiary/aromatic N) is 1. The Balaban J connectivity index is 2.41. The van der Waals surface area contributed by atoms with Crippen LogP contribution in [0.1, 0.15) is 38.3 Å². The summed E-state index contributed by atoms with van der Waals surface area (Å²) >= 11 is 0. The van der Waals surface area contributed by atoms with Crippen molar-refractivity contribution in [1.82, 2.24) is 5.06 Å². The van der Waals surface area contributed by atoms with Gasteiger partial charge in [-0.05, 0) is 47.1 Å². The zero-order valence-corrected chi connectivity index (χ0v) is 14.1. The zero-order chi connectivity index (χ0) is 16.3. The molecular weight excluding hydrogens is 278 g/mol. The summed E-state index contributed by atoms with van der Waals surface area (Å²) in [6.07, 6.45) is 4.25. The third kappa shape index (κ3) is 3.33. The number of carbonyl (C=O) groups is 1. The van der Waals surface area contributed by atoms with Gasteiger partial charge in [-0.1, -0.05) is 26.0 Å². The molecule has 1 aliphatic carbocycles. The maximum atomic E-state index is 11.5. The number of carbonyl (C=O) groups excluding carboxylic acids is 1. The van der Waals surface area contributed by atoms with Gasteiger partial charge in [-0.25, -0.2) is 5.06 Å². The van der Waals surface area contributed by atoms with Crippen molar-refractivity contribution in [1.29, 1.82) is 0 Å². The lowest BCUT2D eigenvalue weighted by Gasteiger charge is -2.35. The topological polar surface area (TPSA) is 38.8 Å². The van der Waals surface area contributed by atoms with E-state index in [0.717, 1.165) is 18.6 Å². The number of hydroxylamine groups is 2. The van der Waals surface area contributed by atoms with Crippen LogP contribution in [-0.4, -0.2) is 31.7 Å². The maximum absolute atomic E-state index is 11.5. The summed E-state index contributed by atoms with van der Waals surface area (Å²) in [6.45, 7) is 6.44.